The van der Waals surface area contributed by atoms with Crippen molar-refractivity contribution in [1.82, 2.24) is 36.9 Å². The number of nitrogens with one attached hydrogen (secondary N) is 6. The molecule has 0 saturated carbocycles. The summed E-state index contributed by atoms with van der Waals surface area (Å²) in [5.41, 5.74) is 8.24. The molecule has 0 aromatic heterocycles. The number of hydrazone groups is 1. The summed E-state index contributed by atoms with van der Waals surface area (Å²) in [5.74, 6) is -3.60. The predicted molar refractivity (Wildman–Crippen MR) is 267 cm³/mol. The second kappa shape index (κ2) is 25.3. The maximum absolute atomic E-state index is 14.6. The number of nitrogens with zero attached hydrogens (tertiary/aromatic N) is 2. The van der Waals surface area contributed by atoms with Gasteiger partial charge in [-0.1, -0.05) is 155 Å². The molecule has 70 heavy (non-hydrogen) atoms. The van der Waals surface area contributed by atoms with Gasteiger partial charge >= 0.3 is 12.1 Å². The van der Waals surface area contributed by atoms with Crippen LogP contribution in [0.2, 0.25) is 0 Å². The molecule has 0 saturated heterocycles. The molecule has 0 bridgehead atoms. The highest BCUT2D eigenvalue weighted by atomic mass is 16.5. The quantitative estimate of drug-likeness (QED) is 0.0344. The van der Waals surface area contributed by atoms with Crippen LogP contribution in [0.4, 0.5) is 9.59 Å². The molecular formula is C54H60N8O8. The number of urea groups is 1. The lowest BCUT2D eigenvalue weighted by molar-refractivity contribution is -0.138. The van der Waals surface area contributed by atoms with Crippen molar-refractivity contribution in [1.29, 1.82) is 0 Å². The molecule has 0 fully saturated rings. The number of ketones is 1. The van der Waals surface area contributed by atoms with Gasteiger partial charge in [-0.2, -0.15) is 5.10 Å². The monoisotopic (exact) mass is 948 g/mol. The molecule has 7 amide bonds. The molecule has 16 nitrogen and oxygen atoms in total. The van der Waals surface area contributed by atoms with Crippen LogP contribution in [0.3, 0.4) is 0 Å². The molecule has 0 radical (unpaired) electrons. The zero-order valence-corrected chi connectivity index (χ0v) is 39.8. The zero-order valence-electron chi connectivity index (χ0n) is 39.8. The minimum absolute atomic E-state index is 0.0103. The first-order chi connectivity index (χ1) is 33.8. The van der Waals surface area contributed by atoms with Crippen LogP contribution in [-0.4, -0.2) is 97.0 Å². The lowest BCUT2D eigenvalue weighted by atomic mass is 9.98. The lowest BCUT2D eigenvalue weighted by Crippen LogP contribution is -2.56. The van der Waals surface area contributed by atoms with Gasteiger partial charge in [-0.15, -0.1) is 0 Å². The van der Waals surface area contributed by atoms with Crippen LogP contribution in [0, 0.1) is 5.92 Å². The molecular weight excluding hydrogens is 889 g/mol. The van der Waals surface area contributed by atoms with Crippen molar-refractivity contribution < 1.29 is 38.3 Å². The van der Waals surface area contributed by atoms with Crippen molar-refractivity contribution in [3.8, 4) is 11.1 Å². The van der Waals surface area contributed by atoms with Gasteiger partial charge in [0.15, 0.2) is 0 Å². The number of fused-ring (bicyclic) bond motifs is 3. The van der Waals surface area contributed by atoms with E-state index < -0.39 is 66.3 Å². The van der Waals surface area contributed by atoms with E-state index in [2.05, 4.69) is 37.1 Å². The zero-order chi connectivity index (χ0) is 50.0. The normalized spacial score (nSPS) is 12.7. The number of ether oxygens (including phenoxy) is 1. The van der Waals surface area contributed by atoms with E-state index in [4.69, 9.17) is 4.74 Å². The third-order valence-electron chi connectivity index (χ3n) is 11.7. The summed E-state index contributed by atoms with van der Waals surface area (Å²) in [6.07, 6.45) is -0.225. The smallest absolute Gasteiger partial charge is 0.407 e. The summed E-state index contributed by atoms with van der Waals surface area (Å²) < 4.78 is 5.80. The van der Waals surface area contributed by atoms with Gasteiger partial charge in [-0.05, 0) is 64.8 Å². The van der Waals surface area contributed by atoms with Gasteiger partial charge < -0.3 is 36.2 Å². The van der Waals surface area contributed by atoms with Gasteiger partial charge in [0.1, 0.15) is 24.1 Å². The largest absolute Gasteiger partial charge is 0.449 e. The van der Waals surface area contributed by atoms with Gasteiger partial charge in [0.05, 0.1) is 25.2 Å². The Kier molecular flexibility index (Phi) is 18.5. The highest BCUT2D eigenvalue weighted by molar-refractivity contribution is 6.41. The summed E-state index contributed by atoms with van der Waals surface area (Å²) in [5, 5.41) is 17.9. The van der Waals surface area contributed by atoms with Gasteiger partial charge in [0.2, 0.25) is 11.8 Å². The number of hydrogen-bond acceptors (Lipinski definition) is 9. The van der Waals surface area contributed by atoms with Crippen LogP contribution in [-0.2, 0) is 23.9 Å². The van der Waals surface area contributed by atoms with E-state index >= 15 is 0 Å². The molecule has 5 aromatic rings. The van der Waals surface area contributed by atoms with E-state index in [1.54, 1.807) is 44.2 Å². The van der Waals surface area contributed by atoms with Crippen LogP contribution in [0.1, 0.15) is 85.1 Å². The van der Waals surface area contributed by atoms with Crippen LogP contribution in [0.5, 0.6) is 0 Å². The number of carbonyl (C=O) groups is 7. The average molecular weight is 949 g/mol. The Morgan fingerprint density at radius 2 is 1.24 bits per heavy atom. The molecule has 1 aliphatic carbocycles. The van der Waals surface area contributed by atoms with Gasteiger partial charge in [-0.3, -0.25) is 24.0 Å². The highest BCUT2D eigenvalue weighted by Gasteiger charge is 2.34. The molecule has 364 valence electrons. The average Bonchev–Trinajstić information content (AvgIpc) is 3.69. The summed E-state index contributed by atoms with van der Waals surface area (Å²) >= 11 is 0. The summed E-state index contributed by atoms with van der Waals surface area (Å²) in [6.45, 7) is 5.49. The van der Waals surface area contributed by atoms with Crippen molar-refractivity contribution in [3.63, 3.8) is 0 Å². The summed E-state index contributed by atoms with van der Waals surface area (Å²) in [7, 11) is 0. The Labute approximate surface area is 408 Å². The molecule has 0 heterocycles. The molecule has 2 atom stereocenters. The van der Waals surface area contributed by atoms with Crippen molar-refractivity contribution in [3.05, 3.63) is 167 Å². The van der Waals surface area contributed by atoms with Crippen LogP contribution < -0.4 is 32.0 Å². The Hall–Kier alpha value is -8.14. The second-order valence-corrected chi connectivity index (χ2v) is 17.2. The Morgan fingerprint density at radius 3 is 1.80 bits per heavy atom. The summed E-state index contributed by atoms with van der Waals surface area (Å²) in [6, 6.07) is 39.3. The Balaban J connectivity index is 1.19. The minimum atomic E-state index is -1.16. The number of hydrogen-bond donors (Lipinski definition) is 6. The maximum Gasteiger partial charge on any atom is 0.407 e. The fourth-order valence-corrected chi connectivity index (χ4v) is 8.23. The van der Waals surface area contributed by atoms with Crippen LogP contribution >= 0.6 is 0 Å². The standard InChI is InChI=1S/C54H60N8O8/c1-5-19-45(49(51(66)56-32-36(4)63)60-61-53(68)58-48(37-20-9-6-10-21-37)38-22-11-7-12-23-38)57-46(64)33-62(31-30-55-50(65)39-24-13-8-14-25-39)52(67)47(35(2)3)59-54(69)70-34-44-42-28-17-15-26-40(42)41-27-16-18-29-43(41)44/h6-18,20-29,35,44-45,47-48H,5,19,30-34H2,1-4H3,(H,55,65)(H,56,66)(H,57,64)(H,59,69)(H2,58,61,68)/b60-49-. The van der Waals surface area contributed by atoms with Crippen molar-refractivity contribution >= 4 is 47.2 Å². The van der Waals surface area contributed by atoms with E-state index in [1.807, 2.05) is 116 Å². The Morgan fingerprint density at radius 1 is 0.686 bits per heavy atom. The highest BCUT2D eigenvalue weighted by Crippen LogP contribution is 2.44. The molecule has 16 heteroatoms. The van der Waals surface area contributed by atoms with Crippen molar-refractivity contribution in [2.45, 2.75) is 64.6 Å². The third-order valence-corrected chi connectivity index (χ3v) is 11.7. The molecule has 0 aliphatic heterocycles. The fraction of sp³-hybridized carbons (Fsp3) is 0.296. The lowest BCUT2D eigenvalue weighted by Gasteiger charge is -2.30. The SMILES string of the molecule is CCCC(NC(=O)CN(CCNC(=O)c1ccccc1)C(=O)C(NC(=O)OCC1c2ccccc2-c2ccccc21)C(C)C)/C(=N/NC(=O)NC(c1ccccc1)c1ccccc1)C(=O)NCC(C)=O. The van der Waals surface area contributed by atoms with Crippen LogP contribution in [0.25, 0.3) is 11.1 Å². The first kappa shape index (κ1) is 51.3. The maximum atomic E-state index is 14.6. The van der Waals surface area contributed by atoms with Gasteiger partial charge in [0.25, 0.3) is 11.8 Å². The molecule has 5 aromatic carbocycles. The van der Waals surface area contributed by atoms with E-state index in [0.717, 1.165) is 33.4 Å². The van der Waals surface area contributed by atoms with E-state index in [1.165, 1.54) is 11.8 Å². The van der Waals surface area contributed by atoms with E-state index in [-0.39, 0.29) is 50.1 Å². The number of amides is 7. The molecule has 6 rings (SSSR count). The number of Topliss-reactive ketones (excluding diaryl/α,β-unsaturated/α-hetero) is 1. The first-order valence-corrected chi connectivity index (χ1v) is 23.4. The topological polar surface area (TPSA) is 216 Å². The second-order valence-electron chi connectivity index (χ2n) is 17.2. The molecule has 2 unspecified atom stereocenters. The van der Waals surface area contributed by atoms with Crippen LogP contribution in [0.15, 0.2) is 145 Å². The molecule has 6 N–H and O–H groups in total. The first-order valence-electron chi connectivity index (χ1n) is 23.4. The molecule has 0 spiro atoms. The summed E-state index contributed by atoms with van der Waals surface area (Å²) in [4.78, 5) is 95.8. The van der Waals surface area contributed by atoms with Gasteiger partial charge in [-0.25, -0.2) is 15.0 Å². The number of rotatable bonds is 22. The van der Waals surface area contributed by atoms with Gasteiger partial charge in [0, 0.05) is 24.6 Å². The van der Waals surface area contributed by atoms with E-state index in [9.17, 15) is 33.6 Å². The number of alkyl carbamates (subject to hydrolysis) is 1. The number of carbonyl (C=O) groups excluding carboxylic acids is 7. The van der Waals surface area contributed by atoms with E-state index in [0.29, 0.717) is 12.0 Å². The number of benzene rings is 5. The molecule has 1 aliphatic rings. The predicted octanol–water partition coefficient (Wildman–Crippen LogP) is 6.24. The Bertz CT molecular complexity index is 2560. The minimum Gasteiger partial charge on any atom is -0.449 e. The van der Waals surface area contributed by atoms with Crippen molar-refractivity contribution in [2.24, 2.45) is 11.0 Å². The van der Waals surface area contributed by atoms with Crippen molar-refractivity contribution in [2.75, 3.05) is 32.8 Å². The third kappa shape index (κ3) is 14.0. The fourth-order valence-electron chi connectivity index (χ4n) is 8.23.